The van der Waals surface area contributed by atoms with E-state index in [0.717, 1.165) is 4.31 Å². The molecule has 25 heavy (non-hydrogen) atoms. The summed E-state index contributed by atoms with van der Waals surface area (Å²) < 4.78 is 31.9. The van der Waals surface area contributed by atoms with E-state index >= 15 is 0 Å². The highest BCUT2D eigenvalue weighted by molar-refractivity contribution is 7.89. The molecule has 8 nitrogen and oxygen atoms in total. The molecule has 0 radical (unpaired) electrons. The fraction of sp³-hybridized carbons (Fsp3) is 0.438. The maximum Gasteiger partial charge on any atom is 0.261 e. The summed E-state index contributed by atoms with van der Waals surface area (Å²) in [5.74, 6) is 5.05. The molecule has 2 unspecified atom stereocenters. The van der Waals surface area contributed by atoms with Gasteiger partial charge in [0.25, 0.3) is 5.91 Å². The number of piperidine rings is 1. The van der Waals surface area contributed by atoms with Crippen LogP contribution < -0.4 is 10.2 Å². The fourth-order valence-electron chi connectivity index (χ4n) is 2.56. The number of aliphatic hydroxyl groups excluding tert-OH is 1. The first-order valence-electron chi connectivity index (χ1n) is 7.66. The van der Waals surface area contributed by atoms with Crippen LogP contribution in [0.15, 0.2) is 29.2 Å². The van der Waals surface area contributed by atoms with Gasteiger partial charge in [0.2, 0.25) is 10.0 Å². The van der Waals surface area contributed by atoms with Crippen LogP contribution in [-0.2, 0) is 14.8 Å². The highest BCUT2D eigenvalue weighted by Crippen LogP contribution is 2.27. The van der Waals surface area contributed by atoms with Crippen LogP contribution in [0.25, 0.3) is 0 Å². The molecule has 1 saturated heterocycles. The van der Waals surface area contributed by atoms with Crippen LogP contribution in [0.5, 0.6) is 5.75 Å². The summed E-state index contributed by atoms with van der Waals surface area (Å²) in [6, 6.07) is 4.63. The summed E-state index contributed by atoms with van der Waals surface area (Å²) in [6.45, 7) is 1.66. The average Bonchev–Trinajstić information content (AvgIpc) is 2.61. The molecule has 1 fully saturated rings. The Balaban J connectivity index is 2.25. The van der Waals surface area contributed by atoms with Gasteiger partial charge in [0.05, 0.1) is 11.0 Å². The third-order valence-corrected chi connectivity index (χ3v) is 5.73. The van der Waals surface area contributed by atoms with Crippen molar-refractivity contribution in [2.45, 2.75) is 36.8 Å². The zero-order valence-electron chi connectivity index (χ0n) is 13.7. The van der Waals surface area contributed by atoms with Gasteiger partial charge in [0.1, 0.15) is 18.4 Å². The number of hydroxylamine groups is 1. The Labute approximate surface area is 146 Å². The second-order valence-electron chi connectivity index (χ2n) is 5.48. The van der Waals surface area contributed by atoms with E-state index in [9.17, 15) is 18.3 Å². The van der Waals surface area contributed by atoms with Crippen molar-refractivity contribution in [1.82, 2.24) is 9.79 Å². The molecule has 1 heterocycles. The molecule has 2 atom stereocenters. The molecular formula is C16H20N2O6S. The molecular weight excluding hydrogens is 348 g/mol. The Bertz CT molecular complexity index is 766. The number of rotatable bonds is 5. The van der Waals surface area contributed by atoms with Gasteiger partial charge < -0.3 is 9.84 Å². The zero-order valence-corrected chi connectivity index (χ0v) is 14.5. The highest BCUT2D eigenvalue weighted by atomic mass is 32.2. The number of carbonyl (C=O) groups excluding carboxylic acids is 1. The summed E-state index contributed by atoms with van der Waals surface area (Å²) in [5, 5.41) is 18.6. The van der Waals surface area contributed by atoms with Crippen LogP contribution in [0, 0.1) is 11.8 Å². The molecule has 136 valence electrons. The predicted molar refractivity (Wildman–Crippen MR) is 88.2 cm³/mol. The number of ether oxygens (including phenoxy) is 1. The summed E-state index contributed by atoms with van der Waals surface area (Å²) in [6.07, 6.45) is -0.480. The minimum Gasteiger partial charge on any atom is -0.481 e. The Morgan fingerprint density at radius 1 is 1.36 bits per heavy atom. The minimum atomic E-state index is -4.02. The van der Waals surface area contributed by atoms with E-state index in [2.05, 4.69) is 11.8 Å². The number of benzene rings is 1. The van der Waals surface area contributed by atoms with Gasteiger partial charge >= 0.3 is 0 Å². The maximum absolute atomic E-state index is 12.8. The predicted octanol–water partition coefficient (Wildman–Crippen LogP) is 0.108. The number of nitrogens with zero attached hydrogens (tertiary/aromatic N) is 1. The number of amides is 1. The molecule has 1 aliphatic heterocycles. The third-order valence-electron chi connectivity index (χ3n) is 3.84. The molecule has 9 heteroatoms. The van der Waals surface area contributed by atoms with Gasteiger partial charge in [-0.25, -0.2) is 13.9 Å². The topological polar surface area (TPSA) is 116 Å². The molecule has 1 aliphatic rings. The first-order valence-corrected chi connectivity index (χ1v) is 9.10. The van der Waals surface area contributed by atoms with Gasteiger partial charge in [-0.3, -0.25) is 10.0 Å². The van der Waals surface area contributed by atoms with E-state index < -0.39 is 28.1 Å². The van der Waals surface area contributed by atoms with E-state index in [1.165, 1.54) is 29.7 Å². The smallest absolute Gasteiger partial charge is 0.261 e. The number of nitrogens with one attached hydrogen (secondary N) is 1. The molecule has 2 rings (SSSR count). The minimum absolute atomic E-state index is 0.0359. The highest BCUT2D eigenvalue weighted by Gasteiger charge is 2.40. The maximum atomic E-state index is 12.8. The van der Waals surface area contributed by atoms with Gasteiger partial charge in [0.15, 0.2) is 0 Å². The van der Waals surface area contributed by atoms with Gasteiger partial charge in [0, 0.05) is 6.54 Å². The number of aliphatic hydroxyl groups is 1. The lowest BCUT2D eigenvalue weighted by Crippen LogP contribution is -2.54. The molecule has 3 N–H and O–H groups in total. The zero-order chi connectivity index (χ0) is 18.4. The van der Waals surface area contributed by atoms with Gasteiger partial charge in [-0.2, -0.15) is 4.31 Å². The lowest BCUT2D eigenvalue weighted by atomic mass is 10.0. The number of sulfonamides is 1. The van der Waals surface area contributed by atoms with E-state index in [0.29, 0.717) is 5.75 Å². The monoisotopic (exact) mass is 368 g/mol. The molecule has 0 aromatic heterocycles. The number of hydrogen-bond acceptors (Lipinski definition) is 6. The van der Waals surface area contributed by atoms with Crippen LogP contribution in [0.4, 0.5) is 0 Å². The summed E-state index contributed by atoms with van der Waals surface area (Å²) in [4.78, 5) is 11.7. The van der Waals surface area contributed by atoms with Crippen molar-refractivity contribution >= 4 is 15.9 Å². The van der Waals surface area contributed by atoms with Crippen LogP contribution in [0.3, 0.4) is 0 Å². The van der Waals surface area contributed by atoms with Crippen molar-refractivity contribution in [3.8, 4) is 17.6 Å². The third kappa shape index (κ3) is 4.49. The van der Waals surface area contributed by atoms with Crippen LogP contribution in [0.2, 0.25) is 0 Å². The number of hydrogen-bond donors (Lipinski definition) is 3. The fourth-order valence-corrected chi connectivity index (χ4v) is 4.21. The van der Waals surface area contributed by atoms with Gasteiger partial charge in [-0.15, -0.1) is 5.92 Å². The van der Waals surface area contributed by atoms with Crippen molar-refractivity contribution < 1.29 is 28.3 Å². The van der Waals surface area contributed by atoms with E-state index in [1.807, 2.05) is 0 Å². The molecule has 0 saturated carbocycles. The Morgan fingerprint density at radius 3 is 2.64 bits per heavy atom. The SMILES string of the molecule is CC#CCOc1ccc(S(=O)(=O)N2CC(O)CCC2C(=O)NO)cc1. The van der Waals surface area contributed by atoms with E-state index in [1.54, 1.807) is 6.92 Å². The standard InChI is InChI=1S/C16H20N2O6S/c1-2-3-10-24-13-5-7-14(8-6-13)25(22,23)18-11-12(19)4-9-15(18)16(20)17-21/h5-8,12,15,19,21H,4,9-11H2,1H3,(H,17,20). The summed E-state index contributed by atoms with van der Waals surface area (Å²) in [5.41, 5.74) is 1.48. The Morgan fingerprint density at radius 2 is 2.04 bits per heavy atom. The lowest BCUT2D eigenvalue weighted by molar-refractivity contribution is -0.135. The average molecular weight is 368 g/mol. The van der Waals surface area contributed by atoms with Gasteiger partial charge in [-0.1, -0.05) is 5.92 Å². The normalized spacial score (nSPS) is 21.1. The van der Waals surface area contributed by atoms with Gasteiger partial charge in [-0.05, 0) is 44.0 Å². The first-order chi connectivity index (χ1) is 11.9. The number of carbonyl (C=O) groups is 1. The van der Waals surface area contributed by atoms with Crippen LogP contribution in [-0.4, -0.2) is 54.2 Å². The molecule has 1 aromatic rings. The van der Waals surface area contributed by atoms with Crippen molar-refractivity contribution in [2.75, 3.05) is 13.2 Å². The second kappa shape index (κ2) is 8.31. The molecule has 0 aliphatic carbocycles. The molecule has 0 spiro atoms. The van der Waals surface area contributed by atoms with Crippen LogP contribution >= 0.6 is 0 Å². The van der Waals surface area contributed by atoms with Crippen molar-refractivity contribution in [3.63, 3.8) is 0 Å². The molecule has 0 bridgehead atoms. The van der Waals surface area contributed by atoms with Crippen molar-refractivity contribution in [2.24, 2.45) is 0 Å². The first kappa shape index (κ1) is 19.2. The largest absolute Gasteiger partial charge is 0.481 e. The summed E-state index contributed by atoms with van der Waals surface area (Å²) >= 11 is 0. The number of β-amino-alcohol motifs (C(OH)–C–C–N with tert-alkyl or cyclic N) is 1. The molecule has 1 aromatic carbocycles. The van der Waals surface area contributed by atoms with E-state index in [4.69, 9.17) is 9.94 Å². The van der Waals surface area contributed by atoms with Crippen molar-refractivity contribution in [3.05, 3.63) is 24.3 Å². The second-order valence-corrected chi connectivity index (χ2v) is 7.38. The van der Waals surface area contributed by atoms with Crippen molar-refractivity contribution in [1.29, 1.82) is 0 Å². The quantitative estimate of drug-likeness (QED) is 0.386. The lowest BCUT2D eigenvalue weighted by Gasteiger charge is -2.35. The van der Waals surface area contributed by atoms with E-state index in [-0.39, 0.29) is 30.9 Å². The molecule has 1 amide bonds. The Hall–Kier alpha value is -2.12. The van der Waals surface area contributed by atoms with Crippen LogP contribution in [0.1, 0.15) is 19.8 Å². The Kier molecular flexibility index (Phi) is 6.39. The summed E-state index contributed by atoms with van der Waals surface area (Å²) in [7, 11) is -4.02.